The van der Waals surface area contributed by atoms with Crippen LogP contribution in [-0.2, 0) is 60.3 Å². The van der Waals surface area contributed by atoms with Crippen molar-refractivity contribution in [3.05, 3.63) is 0 Å². The second-order valence-corrected chi connectivity index (χ2v) is 10.8. The van der Waals surface area contributed by atoms with E-state index in [-0.39, 0.29) is 22.4 Å². The monoisotopic (exact) mass is 716 g/mol. The third-order valence-electron chi connectivity index (χ3n) is 5.99. The Morgan fingerprint density at radius 2 is 0.412 bits per heavy atom. The molecule has 0 nitrogen and oxygen atoms in total. The Bertz CT molecular complexity index is 211. The maximum atomic E-state index is 4.87. The van der Waals surface area contributed by atoms with Crippen LogP contribution in [0.15, 0.2) is 0 Å². The Balaban J connectivity index is -0.000000196. The first-order chi connectivity index (χ1) is 16.2. The van der Waals surface area contributed by atoms with Gasteiger partial charge < -0.3 is 37.9 Å². The maximum absolute atomic E-state index is 4.87. The van der Waals surface area contributed by atoms with Gasteiger partial charge in [0.25, 0.3) is 0 Å². The molecule has 0 unspecified atom stereocenters. The van der Waals surface area contributed by atoms with Crippen LogP contribution in [0.25, 0.3) is 0 Å². The van der Waals surface area contributed by atoms with E-state index < -0.39 is 0 Å². The molecule has 0 aliphatic rings. The molecule has 0 radical (unpaired) electrons. The largest absolute Gasteiger partial charge is 3.00 e. The quantitative estimate of drug-likeness (QED) is 0.0555. The van der Waals surface area contributed by atoms with Gasteiger partial charge in [0.15, 0.2) is 0 Å². The Kier molecular flexibility index (Phi) is 60.4. The molecule has 0 aromatic heterocycles. The summed E-state index contributed by atoms with van der Waals surface area (Å²) in [5, 5.41) is 0. The van der Waals surface area contributed by atoms with Gasteiger partial charge in [-0.1, -0.05) is 175 Å². The normalized spacial score (nSPS) is 10.1. The van der Waals surface area contributed by atoms with E-state index in [0.29, 0.717) is 0 Å². The Morgan fingerprint density at radius 3 is 0.559 bits per heavy atom. The summed E-state index contributed by atoms with van der Waals surface area (Å²) in [7, 11) is 0. The molecule has 0 spiro atoms. The Labute approximate surface area is 250 Å². The van der Waals surface area contributed by atoms with E-state index in [4.69, 9.17) is 37.9 Å². The van der Waals surface area contributed by atoms with E-state index in [0.717, 1.165) is 17.3 Å². The molecule has 4 heteroatoms. The van der Waals surface area contributed by atoms with Gasteiger partial charge in [-0.2, -0.15) is 17.3 Å². The molecular formula is C30H63AuS3. The second kappa shape index (κ2) is 47.9. The molecule has 0 heterocycles. The predicted octanol–water partition coefficient (Wildman–Crippen LogP) is 11.0. The van der Waals surface area contributed by atoms with Crippen molar-refractivity contribution in [1.82, 2.24) is 0 Å². The smallest absolute Gasteiger partial charge is 0.793 e. The number of unbranched alkanes of at least 4 members (excludes halogenated alkanes) is 21. The molecule has 0 aliphatic heterocycles. The van der Waals surface area contributed by atoms with Gasteiger partial charge in [0.1, 0.15) is 0 Å². The number of rotatable bonds is 24. The van der Waals surface area contributed by atoms with E-state index in [1.807, 2.05) is 0 Å². The fraction of sp³-hybridized carbons (Fsp3) is 1.00. The molecule has 0 amide bonds. The molecule has 0 aliphatic carbocycles. The third-order valence-corrected chi connectivity index (χ3v) is 6.86. The maximum Gasteiger partial charge on any atom is 3.00 e. The van der Waals surface area contributed by atoms with Crippen molar-refractivity contribution in [2.75, 3.05) is 17.3 Å². The van der Waals surface area contributed by atoms with Crippen LogP contribution in [0.3, 0.4) is 0 Å². The van der Waals surface area contributed by atoms with Gasteiger partial charge in [0.05, 0.1) is 0 Å². The summed E-state index contributed by atoms with van der Waals surface area (Å²) in [6.45, 7) is 6.78. The predicted molar refractivity (Wildman–Crippen MR) is 165 cm³/mol. The molecule has 0 N–H and O–H groups in total. The van der Waals surface area contributed by atoms with Gasteiger partial charge in [0, 0.05) is 0 Å². The van der Waals surface area contributed by atoms with E-state index in [2.05, 4.69) is 20.8 Å². The Hall–Kier alpha value is 1.79. The molecule has 34 heavy (non-hydrogen) atoms. The van der Waals surface area contributed by atoms with Crippen molar-refractivity contribution in [3.63, 3.8) is 0 Å². The van der Waals surface area contributed by atoms with Crippen molar-refractivity contribution in [2.24, 2.45) is 0 Å². The topological polar surface area (TPSA) is 0 Å². The summed E-state index contributed by atoms with van der Waals surface area (Å²) in [6, 6.07) is 0. The van der Waals surface area contributed by atoms with Gasteiger partial charge in [-0.25, -0.2) is 0 Å². The van der Waals surface area contributed by atoms with Crippen LogP contribution in [0.4, 0.5) is 0 Å². The first-order valence-electron chi connectivity index (χ1n) is 15.0. The van der Waals surface area contributed by atoms with Crippen LogP contribution in [0, 0.1) is 0 Å². The number of hydrogen-bond acceptors (Lipinski definition) is 3. The molecule has 0 aromatic carbocycles. The standard InChI is InChI=1S/3C10H22S.Au/c3*1-2-3-4-5-6-7-8-9-10-11;/h3*11H,2-10H2,1H3;/q;;;+3/p-3. The Morgan fingerprint density at radius 1 is 0.265 bits per heavy atom. The summed E-state index contributed by atoms with van der Waals surface area (Å²) in [6.07, 6.45) is 33.2. The second-order valence-electron chi connectivity index (χ2n) is 9.54. The zero-order chi connectivity index (χ0) is 25.1. The van der Waals surface area contributed by atoms with Gasteiger partial charge in [-0.3, -0.25) is 0 Å². The van der Waals surface area contributed by atoms with Gasteiger partial charge in [-0.15, -0.1) is 0 Å². The van der Waals surface area contributed by atoms with Crippen molar-refractivity contribution >= 4 is 37.9 Å². The molecule has 0 fully saturated rings. The number of hydrogen-bond donors (Lipinski definition) is 0. The van der Waals surface area contributed by atoms with Gasteiger partial charge in [-0.05, 0) is 0 Å². The first kappa shape index (κ1) is 42.9. The molecular weight excluding hydrogens is 653 g/mol. The third kappa shape index (κ3) is 54.6. The fourth-order valence-electron chi connectivity index (χ4n) is 3.71. The molecule has 212 valence electrons. The van der Waals surface area contributed by atoms with Crippen LogP contribution in [0.5, 0.6) is 0 Å². The minimum Gasteiger partial charge on any atom is -0.793 e. The minimum absolute atomic E-state index is 0. The summed E-state index contributed by atoms with van der Waals surface area (Å²) >= 11 is 14.6. The average Bonchev–Trinajstić information content (AvgIpc) is 2.83. The van der Waals surface area contributed by atoms with Crippen molar-refractivity contribution in [2.45, 2.75) is 175 Å². The summed E-state index contributed by atoms with van der Waals surface area (Å²) < 4.78 is 0. The van der Waals surface area contributed by atoms with E-state index in [1.165, 1.54) is 154 Å². The summed E-state index contributed by atoms with van der Waals surface area (Å²) in [4.78, 5) is 0. The molecule has 0 saturated carbocycles. The van der Waals surface area contributed by atoms with Crippen molar-refractivity contribution in [1.29, 1.82) is 0 Å². The van der Waals surface area contributed by atoms with Crippen molar-refractivity contribution in [3.8, 4) is 0 Å². The van der Waals surface area contributed by atoms with Crippen LogP contribution >= 0.6 is 0 Å². The zero-order valence-corrected chi connectivity index (χ0v) is 28.2. The molecule has 0 rings (SSSR count). The van der Waals surface area contributed by atoms with E-state index >= 15 is 0 Å². The summed E-state index contributed by atoms with van der Waals surface area (Å²) in [5.41, 5.74) is 0. The van der Waals surface area contributed by atoms with Gasteiger partial charge in [0.2, 0.25) is 0 Å². The van der Waals surface area contributed by atoms with E-state index in [9.17, 15) is 0 Å². The molecule has 0 saturated heterocycles. The van der Waals surface area contributed by atoms with Crippen LogP contribution in [0.2, 0.25) is 0 Å². The fourth-order valence-corrected chi connectivity index (χ4v) is 4.32. The average molecular weight is 717 g/mol. The van der Waals surface area contributed by atoms with Gasteiger partial charge >= 0.3 is 22.4 Å². The van der Waals surface area contributed by atoms with Crippen LogP contribution in [-0.4, -0.2) is 17.3 Å². The van der Waals surface area contributed by atoms with Crippen molar-refractivity contribution < 1.29 is 22.4 Å². The molecule has 0 bridgehead atoms. The van der Waals surface area contributed by atoms with Crippen LogP contribution in [0.1, 0.15) is 175 Å². The summed E-state index contributed by atoms with van der Waals surface area (Å²) in [5.74, 6) is 2.86. The zero-order valence-electron chi connectivity index (χ0n) is 23.6. The van der Waals surface area contributed by atoms with Crippen LogP contribution < -0.4 is 0 Å². The SMILES string of the molecule is CCCCCCCCCC[S-].CCCCCCCCCC[S-].CCCCCCCCCC[S-].[Au+3]. The molecule has 0 atom stereocenters. The van der Waals surface area contributed by atoms with E-state index in [1.54, 1.807) is 0 Å². The molecule has 0 aromatic rings. The first-order valence-corrected chi connectivity index (χ1v) is 16.7. The minimum atomic E-state index is 0.